The van der Waals surface area contributed by atoms with Gasteiger partial charge in [0.05, 0.1) is 10.5 Å². The fourth-order valence-corrected chi connectivity index (χ4v) is 3.74. The van der Waals surface area contributed by atoms with E-state index in [4.69, 9.17) is 4.74 Å². The van der Waals surface area contributed by atoms with Crippen LogP contribution in [0.1, 0.15) is 41.3 Å². The summed E-state index contributed by atoms with van der Waals surface area (Å²) in [5.74, 6) is -0.967. The van der Waals surface area contributed by atoms with Gasteiger partial charge in [-0.15, -0.1) is 0 Å². The summed E-state index contributed by atoms with van der Waals surface area (Å²) in [6, 6.07) is 11.0. The number of rotatable bonds is 7. The van der Waals surface area contributed by atoms with Crippen molar-refractivity contribution < 1.29 is 22.7 Å². The van der Waals surface area contributed by atoms with Gasteiger partial charge in [-0.2, -0.15) is 0 Å². The van der Waals surface area contributed by atoms with Gasteiger partial charge in [0.15, 0.2) is 6.10 Å². The molecule has 0 spiro atoms. The predicted molar refractivity (Wildman–Crippen MR) is 109 cm³/mol. The first-order valence-electron chi connectivity index (χ1n) is 9.37. The van der Waals surface area contributed by atoms with E-state index >= 15 is 0 Å². The number of sulfonamides is 1. The van der Waals surface area contributed by atoms with Crippen molar-refractivity contribution in [2.75, 3.05) is 4.72 Å². The third-order valence-corrected chi connectivity index (χ3v) is 6.12. The van der Waals surface area contributed by atoms with Gasteiger partial charge in [0.2, 0.25) is 0 Å². The van der Waals surface area contributed by atoms with E-state index in [-0.39, 0.29) is 22.4 Å². The van der Waals surface area contributed by atoms with Gasteiger partial charge < -0.3 is 10.1 Å². The predicted octanol–water partition coefficient (Wildman–Crippen LogP) is 2.93. The van der Waals surface area contributed by atoms with Crippen LogP contribution in [0.5, 0.6) is 0 Å². The van der Waals surface area contributed by atoms with E-state index < -0.39 is 22.1 Å². The molecule has 2 aromatic rings. The van der Waals surface area contributed by atoms with Crippen LogP contribution >= 0.6 is 0 Å². The second kappa shape index (κ2) is 8.24. The largest absolute Gasteiger partial charge is 0.449 e. The molecule has 0 aliphatic heterocycles. The molecule has 1 atom stereocenters. The van der Waals surface area contributed by atoms with Crippen LogP contribution in [0.25, 0.3) is 0 Å². The number of amides is 1. The maximum absolute atomic E-state index is 12.6. The highest BCUT2D eigenvalue weighted by molar-refractivity contribution is 7.92. The molecule has 1 fully saturated rings. The molecule has 8 heteroatoms. The highest BCUT2D eigenvalue weighted by Crippen LogP contribution is 2.20. The molecule has 0 bridgehead atoms. The van der Waals surface area contributed by atoms with Gasteiger partial charge in [-0.1, -0.05) is 6.07 Å². The van der Waals surface area contributed by atoms with Gasteiger partial charge in [-0.05, 0) is 81.1 Å². The van der Waals surface area contributed by atoms with Crippen molar-refractivity contribution in [1.82, 2.24) is 5.32 Å². The van der Waals surface area contributed by atoms with Crippen LogP contribution in [0.4, 0.5) is 5.69 Å². The Balaban J connectivity index is 1.63. The quantitative estimate of drug-likeness (QED) is 0.676. The van der Waals surface area contributed by atoms with Gasteiger partial charge in [-0.25, -0.2) is 13.2 Å². The van der Waals surface area contributed by atoms with Crippen LogP contribution in [0, 0.1) is 13.8 Å². The van der Waals surface area contributed by atoms with Crippen molar-refractivity contribution in [3.8, 4) is 0 Å². The standard InChI is InChI=1S/C21H24N2O5S/c1-13-4-11-19(12-14(13)2)29(26,27)23-18-7-5-16(6-8-18)21(25)28-15(3)20(24)22-17-9-10-17/h4-8,11-12,15,17,23H,9-10H2,1-3H3,(H,22,24)/t15-/m0/s1. The molecule has 0 aromatic heterocycles. The summed E-state index contributed by atoms with van der Waals surface area (Å²) in [6.07, 6.45) is 1.00. The zero-order chi connectivity index (χ0) is 21.2. The molecule has 1 aliphatic carbocycles. The monoisotopic (exact) mass is 416 g/mol. The molecule has 0 heterocycles. The van der Waals surface area contributed by atoms with Crippen LogP contribution in [0.3, 0.4) is 0 Å². The second-order valence-electron chi connectivity index (χ2n) is 7.26. The molecule has 29 heavy (non-hydrogen) atoms. The maximum atomic E-state index is 12.6. The molecular weight excluding hydrogens is 392 g/mol. The Morgan fingerprint density at radius 1 is 1.03 bits per heavy atom. The van der Waals surface area contributed by atoms with E-state index in [2.05, 4.69) is 10.0 Å². The Morgan fingerprint density at radius 3 is 2.28 bits per heavy atom. The van der Waals surface area contributed by atoms with E-state index in [1.165, 1.54) is 31.2 Å². The zero-order valence-electron chi connectivity index (χ0n) is 16.6. The van der Waals surface area contributed by atoms with Crippen LogP contribution in [-0.4, -0.2) is 32.4 Å². The molecule has 3 rings (SSSR count). The van der Waals surface area contributed by atoms with E-state index in [1.54, 1.807) is 18.2 Å². The highest BCUT2D eigenvalue weighted by Gasteiger charge is 2.27. The average molecular weight is 416 g/mol. The minimum absolute atomic E-state index is 0.166. The molecule has 7 nitrogen and oxygen atoms in total. The lowest BCUT2D eigenvalue weighted by Crippen LogP contribution is -2.37. The maximum Gasteiger partial charge on any atom is 0.338 e. The van der Waals surface area contributed by atoms with E-state index in [0.29, 0.717) is 5.69 Å². The SMILES string of the molecule is Cc1ccc(S(=O)(=O)Nc2ccc(C(=O)O[C@@H](C)C(=O)NC3CC3)cc2)cc1C. The van der Waals surface area contributed by atoms with Gasteiger partial charge in [0.1, 0.15) is 0 Å². The number of ether oxygens (including phenoxy) is 1. The summed E-state index contributed by atoms with van der Waals surface area (Å²) in [5.41, 5.74) is 2.43. The Hall–Kier alpha value is -2.87. The van der Waals surface area contributed by atoms with Crippen molar-refractivity contribution in [1.29, 1.82) is 0 Å². The molecule has 154 valence electrons. The third-order valence-electron chi connectivity index (χ3n) is 4.74. The van der Waals surface area contributed by atoms with Crippen molar-refractivity contribution >= 4 is 27.6 Å². The first kappa shape index (κ1) is 20.9. The van der Waals surface area contributed by atoms with Gasteiger partial charge >= 0.3 is 5.97 Å². The molecule has 0 radical (unpaired) electrons. The lowest BCUT2D eigenvalue weighted by atomic mass is 10.1. The lowest BCUT2D eigenvalue weighted by Gasteiger charge is -2.13. The summed E-state index contributed by atoms with van der Waals surface area (Å²) >= 11 is 0. The summed E-state index contributed by atoms with van der Waals surface area (Å²) in [4.78, 5) is 24.3. The van der Waals surface area contributed by atoms with Crippen LogP contribution < -0.4 is 10.0 Å². The first-order valence-corrected chi connectivity index (χ1v) is 10.9. The smallest absolute Gasteiger partial charge is 0.338 e. The normalized spacial score (nSPS) is 14.7. The van der Waals surface area contributed by atoms with E-state index in [0.717, 1.165) is 24.0 Å². The summed E-state index contributed by atoms with van der Waals surface area (Å²) in [5, 5.41) is 2.78. The molecular formula is C21H24N2O5S. The summed E-state index contributed by atoms with van der Waals surface area (Å²) in [6.45, 7) is 5.27. The Bertz CT molecular complexity index is 1030. The van der Waals surface area contributed by atoms with Crippen molar-refractivity contribution in [3.05, 3.63) is 59.2 Å². The van der Waals surface area contributed by atoms with Gasteiger partial charge in [-0.3, -0.25) is 9.52 Å². The second-order valence-corrected chi connectivity index (χ2v) is 8.94. The van der Waals surface area contributed by atoms with E-state index in [1.807, 2.05) is 13.8 Å². The fourth-order valence-electron chi connectivity index (χ4n) is 2.60. The number of benzene rings is 2. The highest BCUT2D eigenvalue weighted by atomic mass is 32.2. The number of hydrogen-bond donors (Lipinski definition) is 2. The van der Waals surface area contributed by atoms with Crippen molar-refractivity contribution in [3.63, 3.8) is 0 Å². The van der Waals surface area contributed by atoms with E-state index in [9.17, 15) is 18.0 Å². The molecule has 1 amide bonds. The minimum Gasteiger partial charge on any atom is -0.449 e. The fraction of sp³-hybridized carbons (Fsp3) is 0.333. The molecule has 0 saturated heterocycles. The third kappa shape index (κ3) is 5.35. The average Bonchev–Trinajstić information content (AvgIpc) is 3.48. The summed E-state index contributed by atoms with van der Waals surface area (Å²) in [7, 11) is -3.74. The number of aryl methyl sites for hydroxylation is 2. The van der Waals surface area contributed by atoms with Gasteiger partial charge in [0, 0.05) is 11.7 Å². The number of anilines is 1. The Kier molecular flexibility index (Phi) is 5.93. The summed E-state index contributed by atoms with van der Waals surface area (Å²) < 4.78 is 32.8. The molecule has 2 N–H and O–H groups in total. The minimum atomic E-state index is -3.74. The topological polar surface area (TPSA) is 102 Å². The zero-order valence-corrected chi connectivity index (χ0v) is 17.4. The number of carbonyl (C=O) groups is 2. The van der Waals surface area contributed by atoms with Gasteiger partial charge in [0.25, 0.3) is 15.9 Å². The number of hydrogen-bond acceptors (Lipinski definition) is 5. The molecule has 1 saturated carbocycles. The Labute approximate surface area is 170 Å². The van der Waals surface area contributed by atoms with Crippen molar-refractivity contribution in [2.24, 2.45) is 0 Å². The molecule has 0 unspecified atom stereocenters. The molecule has 1 aliphatic rings. The number of nitrogens with one attached hydrogen (secondary N) is 2. The lowest BCUT2D eigenvalue weighted by molar-refractivity contribution is -0.129. The van der Waals surface area contributed by atoms with Crippen LogP contribution in [0.2, 0.25) is 0 Å². The number of esters is 1. The Morgan fingerprint density at radius 2 is 1.69 bits per heavy atom. The molecule has 2 aromatic carbocycles. The van der Waals surface area contributed by atoms with Crippen LogP contribution in [0.15, 0.2) is 47.4 Å². The first-order chi connectivity index (χ1) is 13.7. The number of carbonyl (C=O) groups excluding carboxylic acids is 2. The van der Waals surface area contributed by atoms with Crippen molar-refractivity contribution in [2.45, 2.75) is 50.7 Å². The van der Waals surface area contributed by atoms with Crippen LogP contribution in [-0.2, 0) is 19.6 Å².